The van der Waals surface area contributed by atoms with Crippen LogP contribution in [0.2, 0.25) is 0 Å². The highest BCUT2D eigenvalue weighted by molar-refractivity contribution is 5.45. The number of halogens is 3. The Hall–Kier alpha value is -1.30. The molecule has 0 radical (unpaired) electrons. The number of rotatable bonds is 1. The predicted octanol–water partition coefficient (Wildman–Crippen LogP) is 3.09. The highest BCUT2D eigenvalue weighted by Crippen LogP contribution is 2.32. The fourth-order valence-corrected chi connectivity index (χ4v) is 2.67. The number of aromatic nitrogens is 1. The fraction of sp³-hybridized carbons (Fsp3) is 0.643. The third-order valence-electron chi connectivity index (χ3n) is 3.54. The largest absolute Gasteiger partial charge is 0.433 e. The maximum Gasteiger partial charge on any atom is 0.433 e. The van der Waals surface area contributed by atoms with Gasteiger partial charge in [0.15, 0.2) is 0 Å². The van der Waals surface area contributed by atoms with Crippen molar-refractivity contribution in [3.05, 3.63) is 24.0 Å². The van der Waals surface area contributed by atoms with Crippen LogP contribution in [0.3, 0.4) is 0 Å². The van der Waals surface area contributed by atoms with Crippen LogP contribution in [0.1, 0.15) is 32.4 Å². The van der Waals surface area contributed by atoms with Crippen molar-refractivity contribution in [1.29, 1.82) is 0 Å². The Morgan fingerprint density at radius 2 is 2.05 bits per heavy atom. The van der Waals surface area contributed by atoms with Gasteiger partial charge < -0.3 is 10.0 Å². The molecule has 0 spiro atoms. The normalized spacial score (nSPS) is 23.5. The quantitative estimate of drug-likeness (QED) is 0.862. The summed E-state index contributed by atoms with van der Waals surface area (Å²) in [5.74, 6) is 0. The molecule has 1 unspecified atom stereocenters. The molecule has 2 rings (SSSR count). The second kappa shape index (κ2) is 5.24. The van der Waals surface area contributed by atoms with E-state index in [-0.39, 0.29) is 11.5 Å². The van der Waals surface area contributed by atoms with E-state index in [1.165, 1.54) is 12.3 Å². The van der Waals surface area contributed by atoms with Gasteiger partial charge in [0.25, 0.3) is 0 Å². The number of aliphatic hydroxyl groups is 1. The topological polar surface area (TPSA) is 36.4 Å². The summed E-state index contributed by atoms with van der Waals surface area (Å²) >= 11 is 0. The minimum Gasteiger partial charge on any atom is -0.393 e. The monoisotopic (exact) mass is 288 g/mol. The first-order valence-corrected chi connectivity index (χ1v) is 6.64. The SMILES string of the molecule is CC1(C)CC(O)CCN(c2ccc(C(F)(F)F)nc2)C1. The van der Waals surface area contributed by atoms with E-state index in [4.69, 9.17) is 0 Å². The van der Waals surface area contributed by atoms with Gasteiger partial charge in [-0.2, -0.15) is 13.2 Å². The molecule has 1 N–H and O–H groups in total. The number of pyridine rings is 1. The number of nitrogens with zero attached hydrogens (tertiary/aromatic N) is 2. The zero-order chi connectivity index (χ0) is 15.0. The van der Waals surface area contributed by atoms with E-state index in [2.05, 4.69) is 4.98 Å². The van der Waals surface area contributed by atoms with E-state index in [1.807, 2.05) is 18.7 Å². The summed E-state index contributed by atoms with van der Waals surface area (Å²) in [4.78, 5) is 5.48. The average Bonchev–Trinajstić information content (AvgIpc) is 2.46. The number of anilines is 1. The number of alkyl halides is 3. The maximum absolute atomic E-state index is 12.5. The summed E-state index contributed by atoms with van der Waals surface area (Å²) in [6.07, 6.45) is -2.21. The van der Waals surface area contributed by atoms with Crippen molar-refractivity contribution < 1.29 is 18.3 Å². The van der Waals surface area contributed by atoms with Crippen LogP contribution in [-0.4, -0.2) is 29.3 Å². The van der Waals surface area contributed by atoms with E-state index in [1.54, 1.807) is 0 Å². The molecule has 1 aliphatic rings. The first-order valence-electron chi connectivity index (χ1n) is 6.64. The first-order chi connectivity index (χ1) is 9.17. The van der Waals surface area contributed by atoms with Crippen molar-refractivity contribution in [2.24, 2.45) is 5.41 Å². The van der Waals surface area contributed by atoms with Gasteiger partial charge in [-0.15, -0.1) is 0 Å². The molecule has 6 heteroatoms. The summed E-state index contributed by atoms with van der Waals surface area (Å²) in [6, 6.07) is 2.45. The van der Waals surface area contributed by atoms with Gasteiger partial charge in [-0.05, 0) is 30.4 Å². The highest BCUT2D eigenvalue weighted by Gasteiger charge is 2.33. The Kier molecular flexibility index (Phi) is 3.95. The van der Waals surface area contributed by atoms with Crippen molar-refractivity contribution >= 4 is 5.69 Å². The van der Waals surface area contributed by atoms with Crippen LogP contribution in [0.25, 0.3) is 0 Å². The van der Waals surface area contributed by atoms with Crippen molar-refractivity contribution in [2.45, 2.75) is 39.0 Å². The van der Waals surface area contributed by atoms with E-state index < -0.39 is 11.9 Å². The molecule has 1 aromatic rings. The Labute approximate surface area is 116 Å². The molecular weight excluding hydrogens is 269 g/mol. The highest BCUT2D eigenvalue weighted by atomic mass is 19.4. The lowest BCUT2D eigenvalue weighted by molar-refractivity contribution is -0.141. The van der Waals surface area contributed by atoms with Crippen molar-refractivity contribution in [3.63, 3.8) is 0 Å². The zero-order valence-corrected chi connectivity index (χ0v) is 11.6. The van der Waals surface area contributed by atoms with Gasteiger partial charge in [0, 0.05) is 13.1 Å². The minimum absolute atomic E-state index is 0.0847. The van der Waals surface area contributed by atoms with Crippen molar-refractivity contribution in [3.8, 4) is 0 Å². The molecule has 3 nitrogen and oxygen atoms in total. The first kappa shape index (κ1) is 15.1. The Morgan fingerprint density at radius 1 is 1.35 bits per heavy atom. The second-order valence-electron chi connectivity index (χ2n) is 6.13. The van der Waals surface area contributed by atoms with E-state index in [0.29, 0.717) is 31.6 Å². The summed E-state index contributed by atoms with van der Waals surface area (Å²) < 4.78 is 37.5. The zero-order valence-electron chi connectivity index (χ0n) is 11.6. The smallest absolute Gasteiger partial charge is 0.393 e. The van der Waals surface area contributed by atoms with Gasteiger partial charge in [0.05, 0.1) is 18.0 Å². The van der Waals surface area contributed by atoms with Crippen LogP contribution in [0.15, 0.2) is 18.3 Å². The van der Waals surface area contributed by atoms with Crippen LogP contribution in [0.5, 0.6) is 0 Å². The van der Waals surface area contributed by atoms with Gasteiger partial charge >= 0.3 is 6.18 Å². The molecule has 0 bridgehead atoms. The standard InChI is InChI=1S/C14H19F3N2O/c1-13(2)7-11(20)5-6-19(9-13)10-3-4-12(18-8-10)14(15,16)17/h3-4,8,11,20H,5-7,9H2,1-2H3. The predicted molar refractivity (Wildman–Crippen MR) is 70.5 cm³/mol. The molecule has 0 saturated carbocycles. The molecule has 20 heavy (non-hydrogen) atoms. The minimum atomic E-state index is -4.41. The molecule has 1 aromatic heterocycles. The van der Waals surface area contributed by atoms with Gasteiger partial charge in [0.1, 0.15) is 5.69 Å². The molecule has 1 saturated heterocycles. The van der Waals surface area contributed by atoms with Gasteiger partial charge in [-0.1, -0.05) is 13.8 Å². The molecule has 112 valence electrons. The second-order valence-corrected chi connectivity index (χ2v) is 6.13. The van der Waals surface area contributed by atoms with Crippen LogP contribution >= 0.6 is 0 Å². The van der Waals surface area contributed by atoms with Crippen LogP contribution < -0.4 is 4.90 Å². The van der Waals surface area contributed by atoms with Crippen molar-refractivity contribution in [1.82, 2.24) is 4.98 Å². The third-order valence-corrected chi connectivity index (χ3v) is 3.54. The fourth-order valence-electron chi connectivity index (χ4n) is 2.67. The number of aliphatic hydroxyl groups excluding tert-OH is 1. The lowest BCUT2D eigenvalue weighted by atomic mass is 9.87. The van der Waals surface area contributed by atoms with Crippen LogP contribution in [0, 0.1) is 5.41 Å². The molecule has 0 amide bonds. The molecule has 0 aliphatic carbocycles. The van der Waals surface area contributed by atoms with Gasteiger partial charge in [0.2, 0.25) is 0 Å². The third kappa shape index (κ3) is 3.62. The lowest BCUT2D eigenvalue weighted by Crippen LogP contribution is -2.32. The van der Waals surface area contributed by atoms with E-state index in [9.17, 15) is 18.3 Å². The molecular formula is C14H19F3N2O. The molecule has 1 fully saturated rings. The lowest BCUT2D eigenvalue weighted by Gasteiger charge is -2.31. The summed E-state index contributed by atoms with van der Waals surface area (Å²) in [7, 11) is 0. The molecule has 2 heterocycles. The summed E-state index contributed by atoms with van der Waals surface area (Å²) in [5.41, 5.74) is -0.297. The van der Waals surface area contributed by atoms with Gasteiger partial charge in [-0.25, -0.2) is 4.98 Å². The average molecular weight is 288 g/mol. The van der Waals surface area contributed by atoms with Gasteiger partial charge in [-0.3, -0.25) is 0 Å². The number of hydrogen-bond acceptors (Lipinski definition) is 3. The summed E-state index contributed by atoms with van der Waals surface area (Å²) in [5, 5.41) is 9.85. The molecule has 1 atom stereocenters. The summed E-state index contributed by atoms with van der Waals surface area (Å²) in [6.45, 7) is 5.41. The molecule has 0 aromatic carbocycles. The Balaban J connectivity index is 2.18. The van der Waals surface area contributed by atoms with E-state index in [0.717, 1.165) is 6.07 Å². The Morgan fingerprint density at radius 3 is 2.60 bits per heavy atom. The van der Waals surface area contributed by atoms with Crippen LogP contribution in [0.4, 0.5) is 18.9 Å². The Bertz CT molecular complexity index is 456. The van der Waals surface area contributed by atoms with E-state index >= 15 is 0 Å². The number of hydrogen-bond donors (Lipinski definition) is 1. The van der Waals surface area contributed by atoms with Crippen molar-refractivity contribution in [2.75, 3.05) is 18.0 Å². The van der Waals surface area contributed by atoms with Crippen LogP contribution in [-0.2, 0) is 6.18 Å². The molecule has 1 aliphatic heterocycles. The maximum atomic E-state index is 12.5.